The molecule has 0 bridgehead atoms. The van der Waals surface area contributed by atoms with Gasteiger partial charge in [0.1, 0.15) is 12.6 Å². The van der Waals surface area contributed by atoms with Crippen molar-refractivity contribution in [2.45, 2.75) is 63.3 Å². The molecule has 0 fully saturated rings. The summed E-state index contributed by atoms with van der Waals surface area (Å²) in [6.45, 7) is 4.42. The number of amides is 2. The van der Waals surface area contributed by atoms with Gasteiger partial charge in [-0.25, -0.2) is 8.42 Å². The van der Waals surface area contributed by atoms with E-state index in [0.717, 1.165) is 12.1 Å². The average molecular weight is 659 g/mol. The lowest BCUT2D eigenvalue weighted by atomic mass is 10.1. The van der Waals surface area contributed by atoms with Gasteiger partial charge in [0.2, 0.25) is 11.8 Å². The summed E-state index contributed by atoms with van der Waals surface area (Å²) in [5, 5.41) is 2.68. The van der Waals surface area contributed by atoms with Crippen LogP contribution in [0.4, 0.5) is 18.9 Å². The van der Waals surface area contributed by atoms with Gasteiger partial charge in [-0.1, -0.05) is 67.4 Å². The number of hydrogen-bond donors (Lipinski definition) is 1. The molecule has 1 N–H and O–H groups in total. The molecule has 0 radical (unpaired) electrons. The lowest BCUT2D eigenvalue weighted by Gasteiger charge is -2.34. The predicted octanol–water partition coefficient (Wildman–Crippen LogP) is 6.93. The molecule has 3 aromatic rings. The van der Waals surface area contributed by atoms with Crippen LogP contribution in [-0.2, 0) is 32.3 Å². The molecule has 0 spiro atoms. The van der Waals surface area contributed by atoms with Crippen LogP contribution in [0, 0.1) is 0 Å². The Labute approximate surface area is 259 Å². The lowest BCUT2D eigenvalue weighted by molar-refractivity contribution is -0.140. The molecule has 0 aliphatic heterocycles. The quantitative estimate of drug-likeness (QED) is 0.229. The zero-order chi connectivity index (χ0) is 31.9. The molecule has 0 heterocycles. The zero-order valence-electron chi connectivity index (χ0n) is 23.7. The Morgan fingerprint density at radius 2 is 1.56 bits per heavy atom. The maximum absolute atomic E-state index is 14.1. The second-order valence-electron chi connectivity index (χ2n) is 9.88. The van der Waals surface area contributed by atoms with Gasteiger partial charge in [-0.3, -0.25) is 13.9 Å². The SMILES string of the molecule is CC[C@@H](C)NC(=O)[C@@H](CC)N(Cc1ccc(Cl)cc1)C(=O)CN(c1ccc(Cl)c(C(F)(F)F)c1)S(=O)(=O)c1ccccc1. The fourth-order valence-electron chi connectivity index (χ4n) is 4.28. The number of carbonyl (C=O) groups excluding carboxylic acids is 2. The van der Waals surface area contributed by atoms with Gasteiger partial charge in [0.25, 0.3) is 10.0 Å². The molecule has 43 heavy (non-hydrogen) atoms. The molecule has 0 aliphatic rings. The number of benzene rings is 3. The van der Waals surface area contributed by atoms with Gasteiger partial charge >= 0.3 is 6.18 Å². The van der Waals surface area contributed by atoms with E-state index < -0.39 is 56.9 Å². The molecule has 232 valence electrons. The number of rotatable bonds is 12. The van der Waals surface area contributed by atoms with Crippen molar-refractivity contribution >= 4 is 50.7 Å². The first-order chi connectivity index (χ1) is 20.2. The van der Waals surface area contributed by atoms with Gasteiger partial charge in [0, 0.05) is 17.6 Å². The van der Waals surface area contributed by atoms with Crippen LogP contribution in [0.2, 0.25) is 10.0 Å². The molecule has 0 saturated carbocycles. The summed E-state index contributed by atoms with van der Waals surface area (Å²) in [5.74, 6) is -1.24. The van der Waals surface area contributed by atoms with Crippen molar-refractivity contribution in [3.8, 4) is 0 Å². The van der Waals surface area contributed by atoms with Crippen LogP contribution in [-0.4, -0.2) is 43.8 Å². The maximum atomic E-state index is 14.1. The van der Waals surface area contributed by atoms with Crippen molar-refractivity contribution in [1.29, 1.82) is 0 Å². The fraction of sp³-hybridized carbons (Fsp3) is 0.333. The van der Waals surface area contributed by atoms with E-state index in [-0.39, 0.29) is 23.9 Å². The summed E-state index contributed by atoms with van der Waals surface area (Å²) in [7, 11) is -4.55. The second-order valence-corrected chi connectivity index (χ2v) is 12.6. The standard InChI is InChI=1S/C30H32Cl2F3N3O4S/c1-4-20(3)36-29(40)27(5-2)37(18-21-11-13-22(31)14-12-21)28(39)19-38(43(41,42)24-9-7-6-8-10-24)23-15-16-26(32)25(17-23)30(33,34)35/h6-17,20,27H,4-5,18-19H2,1-3H3,(H,36,40)/t20-,27-/m1/s1. The Morgan fingerprint density at radius 3 is 2.12 bits per heavy atom. The van der Waals surface area contributed by atoms with E-state index in [9.17, 15) is 31.2 Å². The van der Waals surface area contributed by atoms with Crippen LogP contribution in [0.15, 0.2) is 77.7 Å². The first kappa shape index (κ1) is 34.2. The molecular formula is C30H32Cl2F3N3O4S. The summed E-state index contributed by atoms with van der Waals surface area (Å²) in [6, 6.07) is 15.0. The van der Waals surface area contributed by atoms with Gasteiger partial charge in [-0.2, -0.15) is 13.2 Å². The third-order valence-electron chi connectivity index (χ3n) is 6.81. The van der Waals surface area contributed by atoms with Crippen LogP contribution in [0.1, 0.15) is 44.7 Å². The summed E-state index contributed by atoms with van der Waals surface area (Å²) >= 11 is 11.8. The predicted molar refractivity (Wildman–Crippen MR) is 161 cm³/mol. The monoisotopic (exact) mass is 657 g/mol. The van der Waals surface area contributed by atoms with Crippen LogP contribution >= 0.6 is 23.2 Å². The highest BCUT2D eigenvalue weighted by Crippen LogP contribution is 2.38. The van der Waals surface area contributed by atoms with Gasteiger partial charge < -0.3 is 10.2 Å². The number of anilines is 1. The van der Waals surface area contributed by atoms with Gasteiger partial charge in [0.05, 0.1) is 21.2 Å². The molecule has 0 saturated heterocycles. The molecule has 2 atom stereocenters. The smallest absolute Gasteiger partial charge is 0.352 e. The van der Waals surface area contributed by atoms with E-state index in [1.165, 1.54) is 29.2 Å². The molecule has 13 heteroatoms. The van der Waals surface area contributed by atoms with Gasteiger partial charge in [-0.05, 0) is 67.8 Å². The van der Waals surface area contributed by atoms with Crippen molar-refractivity contribution in [3.63, 3.8) is 0 Å². The zero-order valence-corrected chi connectivity index (χ0v) is 26.1. The molecule has 3 aromatic carbocycles. The molecule has 0 aliphatic carbocycles. The van der Waals surface area contributed by atoms with Crippen LogP contribution in [0.5, 0.6) is 0 Å². The summed E-state index contributed by atoms with van der Waals surface area (Å²) in [5.41, 5.74) is -1.07. The second kappa shape index (κ2) is 14.5. The topological polar surface area (TPSA) is 86.8 Å². The van der Waals surface area contributed by atoms with E-state index in [1.54, 1.807) is 37.3 Å². The van der Waals surface area contributed by atoms with Crippen LogP contribution in [0.25, 0.3) is 0 Å². The molecule has 0 unspecified atom stereocenters. The highest BCUT2D eigenvalue weighted by Gasteiger charge is 2.37. The van der Waals surface area contributed by atoms with Crippen molar-refractivity contribution in [2.75, 3.05) is 10.8 Å². The van der Waals surface area contributed by atoms with E-state index in [4.69, 9.17) is 23.2 Å². The highest BCUT2D eigenvalue weighted by molar-refractivity contribution is 7.92. The minimum Gasteiger partial charge on any atom is -0.352 e. The maximum Gasteiger partial charge on any atom is 0.417 e. The van der Waals surface area contributed by atoms with Crippen molar-refractivity contribution in [3.05, 3.63) is 94.0 Å². The Bertz CT molecular complexity index is 1520. The van der Waals surface area contributed by atoms with Crippen LogP contribution in [0.3, 0.4) is 0 Å². The minimum absolute atomic E-state index is 0.0872. The summed E-state index contributed by atoms with van der Waals surface area (Å²) in [6.07, 6.45) is -4.07. The Hall–Kier alpha value is -3.28. The van der Waals surface area contributed by atoms with Gasteiger partial charge in [0.15, 0.2) is 0 Å². The minimum atomic E-state index is -4.89. The largest absolute Gasteiger partial charge is 0.417 e. The summed E-state index contributed by atoms with van der Waals surface area (Å²) < 4.78 is 69.6. The molecule has 0 aromatic heterocycles. The Kier molecular flexibility index (Phi) is 11.5. The molecule has 2 amide bonds. The van der Waals surface area contributed by atoms with E-state index in [0.29, 0.717) is 27.4 Å². The number of halogens is 5. The summed E-state index contributed by atoms with van der Waals surface area (Å²) in [4.78, 5) is 28.3. The van der Waals surface area contributed by atoms with Crippen molar-refractivity contribution in [2.24, 2.45) is 0 Å². The molecule has 3 rings (SSSR count). The average Bonchev–Trinajstić information content (AvgIpc) is 2.96. The number of hydrogen-bond acceptors (Lipinski definition) is 4. The number of alkyl halides is 3. The fourth-order valence-corrected chi connectivity index (χ4v) is 6.06. The molecular weight excluding hydrogens is 626 g/mol. The van der Waals surface area contributed by atoms with E-state index >= 15 is 0 Å². The van der Waals surface area contributed by atoms with Gasteiger partial charge in [-0.15, -0.1) is 0 Å². The number of sulfonamides is 1. The first-order valence-corrected chi connectivity index (χ1v) is 15.7. The Morgan fingerprint density at radius 1 is 0.930 bits per heavy atom. The number of nitrogens with one attached hydrogen (secondary N) is 1. The first-order valence-electron chi connectivity index (χ1n) is 13.5. The van der Waals surface area contributed by atoms with Crippen LogP contribution < -0.4 is 9.62 Å². The molecule has 7 nitrogen and oxygen atoms in total. The van der Waals surface area contributed by atoms with E-state index in [1.807, 2.05) is 13.8 Å². The third kappa shape index (κ3) is 8.64. The number of carbonyl (C=O) groups is 2. The van der Waals surface area contributed by atoms with E-state index in [2.05, 4.69) is 5.32 Å². The lowest BCUT2D eigenvalue weighted by Crippen LogP contribution is -2.53. The van der Waals surface area contributed by atoms with Crippen molar-refractivity contribution < 1.29 is 31.2 Å². The normalized spacial score (nSPS) is 13.2. The third-order valence-corrected chi connectivity index (χ3v) is 9.18. The highest BCUT2D eigenvalue weighted by atomic mass is 35.5. The Balaban J connectivity index is 2.13. The number of nitrogens with zero attached hydrogens (tertiary/aromatic N) is 2. The van der Waals surface area contributed by atoms with Crippen molar-refractivity contribution in [1.82, 2.24) is 10.2 Å².